The number of rotatable bonds is 1. The average Bonchev–Trinajstić information content (AvgIpc) is 2.48. The monoisotopic (exact) mass is 237 g/mol. The van der Waals surface area contributed by atoms with Crippen molar-refractivity contribution in [3.63, 3.8) is 0 Å². The van der Waals surface area contributed by atoms with Crippen molar-refractivity contribution in [1.82, 2.24) is 15.0 Å². The van der Waals surface area contributed by atoms with Crippen molar-refractivity contribution in [3.05, 3.63) is 34.9 Å². The van der Waals surface area contributed by atoms with Gasteiger partial charge in [-0.05, 0) is 15.9 Å². The highest BCUT2D eigenvalue weighted by Gasteiger charge is 2.08. The minimum Gasteiger partial charge on any atom is -0.247 e. The fraction of sp³-hybridized carbons (Fsp3) is 0.111. The Labute approximate surface area is 84.5 Å². The Kier molecular flexibility index (Phi) is 2.14. The highest BCUT2D eigenvalue weighted by atomic mass is 79.9. The molecule has 0 saturated carbocycles. The molecule has 3 nitrogen and oxygen atoms in total. The molecule has 66 valence electrons. The molecule has 0 saturated heterocycles. The molecule has 0 N–H and O–H groups in total. The predicted molar refractivity (Wildman–Crippen MR) is 54.1 cm³/mol. The molecule has 0 atom stereocenters. The van der Waals surface area contributed by atoms with Gasteiger partial charge in [-0.1, -0.05) is 35.5 Å². The highest BCUT2D eigenvalue weighted by molar-refractivity contribution is 9.10. The third-order valence-corrected chi connectivity index (χ3v) is 2.37. The summed E-state index contributed by atoms with van der Waals surface area (Å²) in [4.78, 5) is 0. The molecular formula is C9H8BrN3. The van der Waals surface area contributed by atoms with E-state index in [0.29, 0.717) is 0 Å². The van der Waals surface area contributed by atoms with E-state index in [0.717, 1.165) is 15.9 Å². The number of benzene rings is 1. The molecule has 2 rings (SSSR count). The summed E-state index contributed by atoms with van der Waals surface area (Å²) < 4.78 is 2.53. The van der Waals surface area contributed by atoms with Crippen LogP contribution in [-0.4, -0.2) is 15.0 Å². The Bertz CT molecular complexity index is 389. The molecule has 1 heterocycles. The van der Waals surface area contributed by atoms with Gasteiger partial charge in [-0.15, -0.1) is 5.10 Å². The Morgan fingerprint density at radius 3 is 2.46 bits per heavy atom. The maximum atomic E-state index is 3.92. The molecule has 0 unspecified atom stereocenters. The van der Waals surface area contributed by atoms with E-state index >= 15 is 0 Å². The average molecular weight is 238 g/mol. The summed E-state index contributed by atoms with van der Waals surface area (Å²) in [6.45, 7) is 0. The SMILES string of the molecule is Cn1nnc(Br)c1-c1ccccc1. The van der Waals surface area contributed by atoms with Gasteiger partial charge < -0.3 is 0 Å². The molecule has 0 bridgehead atoms. The Hall–Kier alpha value is -1.16. The van der Waals surface area contributed by atoms with Crippen molar-refractivity contribution in [2.24, 2.45) is 7.05 Å². The van der Waals surface area contributed by atoms with Gasteiger partial charge in [-0.2, -0.15) is 0 Å². The summed E-state index contributed by atoms with van der Waals surface area (Å²) >= 11 is 3.36. The number of aryl methyl sites for hydroxylation is 1. The molecule has 1 aromatic carbocycles. The van der Waals surface area contributed by atoms with E-state index in [-0.39, 0.29) is 0 Å². The van der Waals surface area contributed by atoms with Crippen LogP contribution in [0.5, 0.6) is 0 Å². The van der Waals surface area contributed by atoms with Gasteiger partial charge in [0.1, 0.15) is 5.69 Å². The van der Waals surface area contributed by atoms with Crippen LogP contribution in [0.2, 0.25) is 0 Å². The van der Waals surface area contributed by atoms with E-state index < -0.39 is 0 Å². The fourth-order valence-corrected chi connectivity index (χ4v) is 1.79. The Morgan fingerprint density at radius 1 is 1.23 bits per heavy atom. The summed E-state index contributed by atoms with van der Waals surface area (Å²) in [7, 11) is 1.88. The third kappa shape index (κ3) is 1.49. The molecule has 2 aromatic rings. The van der Waals surface area contributed by atoms with Crippen molar-refractivity contribution in [2.75, 3.05) is 0 Å². The minimum absolute atomic E-state index is 0.779. The van der Waals surface area contributed by atoms with Crippen LogP contribution in [0, 0.1) is 0 Å². The summed E-state index contributed by atoms with van der Waals surface area (Å²) in [6, 6.07) is 10.0. The second kappa shape index (κ2) is 3.30. The van der Waals surface area contributed by atoms with Crippen LogP contribution in [0.4, 0.5) is 0 Å². The second-order valence-corrected chi connectivity index (χ2v) is 3.47. The molecule has 0 radical (unpaired) electrons. The lowest BCUT2D eigenvalue weighted by Gasteiger charge is -1.99. The van der Waals surface area contributed by atoms with Gasteiger partial charge in [-0.25, -0.2) is 4.68 Å². The first-order valence-corrected chi connectivity index (χ1v) is 4.69. The summed E-state index contributed by atoms with van der Waals surface area (Å²) in [6.07, 6.45) is 0. The molecule has 0 aliphatic carbocycles. The van der Waals surface area contributed by atoms with Crippen LogP contribution in [-0.2, 0) is 7.05 Å². The van der Waals surface area contributed by atoms with Gasteiger partial charge in [0.2, 0.25) is 0 Å². The lowest BCUT2D eigenvalue weighted by Crippen LogP contribution is -1.93. The van der Waals surface area contributed by atoms with Crippen LogP contribution >= 0.6 is 15.9 Å². The normalized spacial score (nSPS) is 10.3. The predicted octanol–water partition coefficient (Wildman–Crippen LogP) is 2.24. The number of halogens is 1. The molecule has 0 aliphatic rings. The van der Waals surface area contributed by atoms with Gasteiger partial charge in [0.25, 0.3) is 0 Å². The third-order valence-electron chi connectivity index (χ3n) is 1.83. The largest absolute Gasteiger partial charge is 0.247 e. The molecule has 1 aromatic heterocycles. The highest BCUT2D eigenvalue weighted by Crippen LogP contribution is 2.24. The van der Waals surface area contributed by atoms with E-state index in [4.69, 9.17) is 0 Å². The van der Waals surface area contributed by atoms with Gasteiger partial charge in [0.15, 0.2) is 4.60 Å². The molecule has 4 heteroatoms. The zero-order chi connectivity index (χ0) is 9.26. The molecular weight excluding hydrogens is 230 g/mol. The van der Waals surface area contributed by atoms with Crippen molar-refractivity contribution >= 4 is 15.9 Å². The fourth-order valence-electron chi connectivity index (χ4n) is 1.23. The first kappa shape index (κ1) is 8.44. The van der Waals surface area contributed by atoms with Gasteiger partial charge in [0.05, 0.1) is 0 Å². The molecule has 0 spiro atoms. The Balaban J connectivity index is 2.59. The van der Waals surface area contributed by atoms with Crippen LogP contribution in [0.15, 0.2) is 34.9 Å². The van der Waals surface area contributed by atoms with E-state index in [9.17, 15) is 0 Å². The van der Waals surface area contributed by atoms with Crippen molar-refractivity contribution in [3.8, 4) is 11.3 Å². The maximum absolute atomic E-state index is 3.92. The molecule has 0 amide bonds. The number of hydrogen-bond acceptors (Lipinski definition) is 2. The Morgan fingerprint density at radius 2 is 1.92 bits per heavy atom. The number of aromatic nitrogens is 3. The number of hydrogen-bond donors (Lipinski definition) is 0. The smallest absolute Gasteiger partial charge is 0.156 e. The van der Waals surface area contributed by atoms with Crippen molar-refractivity contribution in [1.29, 1.82) is 0 Å². The summed E-state index contributed by atoms with van der Waals surface area (Å²) in [5, 5.41) is 7.83. The first-order chi connectivity index (χ1) is 6.29. The van der Waals surface area contributed by atoms with Crippen LogP contribution in [0.3, 0.4) is 0 Å². The lowest BCUT2D eigenvalue weighted by molar-refractivity contribution is 0.720. The zero-order valence-corrected chi connectivity index (χ0v) is 8.69. The van der Waals surface area contributed by atoms with E-state index in [2.05, 4.69) is 26.2 Å². The summed E-state index contributed by atoms with van der Waals surface area (Å²) in [5.74, 6) is 0. The van der Waals surface area contributed by atoms with Crippen LogP contribution < -0.4 is 0 Å². The zero-order valence-electron chi connectivity index (χ0n) is 7.11. The van der Waals surface area contributed by atoms with Crippen LogP contribution in [0.25, 0.3) is 11.3 Å². The van der Waals surface area contributed by atoms with Crippen molar-refractivity contribution < 1.29 is 0 Å². The summed E-state index contributed by atoms with van der Waals surface area (Å²) in [5.41, 5.74) is 2.11. The maximum Gasteiger partial charge on any atom is 0.156 e. The molecule has 0 aliphatic heterocycles. The van der Waals surface area contributed by atoms with E-state index in [1.807, 2.05) is 37.4 Å². The lowest BCUT2D eigenvalue weighted by atomic mass is 10.2. The van der Waals surface area contributed by atoms with Gasteiger partial charge in [0, 0.05) is 12.6 Å². The van der Waals surface area contributed by atoms with Crippen LogP contribution in [0.1, 0.15) is 0 Å². The van der Waals surface area contributed by atoms with E-state index in [1.54, 1.807) is 4.68 Å². The second-order valence-electron chi connectivity index (χ2n) is 2.72. The quantitative estimate of drug-likeness (QED) is 0.762. The molecule has 13 heavy (non-hydrogen) atoms. The van der Waals surface area contributed by atoms with Gasteiger partial charge >= 0.3 is 0 Å². The van der Waals surface area contributed by atoms with Crippen molar-refractivity contribution in [2.45, 2.75) is 0 Å². The topological polar surface area (TPSA) is 30.7 Å². The number of nitrogens with zero attached hydrogens (tertiary/aromatic N) is 3. The van der Waals surface area contributed by atoms with Gasteiger partial charge in [-0.3, -0.25) is 0 Å². The standard InChI is InChI=1S/C9H8BrN3/c1-13-8(9(10)11-12-13)7-5-3-2-4-6-7/h2-6H,1H3. The first-order valence-electron chi connectivity index (χ1n) is 3.89. The van der Waals surface area contributed by atoms with E-state index in [1.165, 1.54) is 0 Å². The minimum atomic E-state index is 0.779. The molecule has 0 fully saturated rings.